The molecule has 4 heterocycles. The van der Waals surface area contributed by atoms with E-state index < -0.39 is 65.7 Å². The van der Waals surface area contributed by atoms with Crippen LogP contribution in [0.15, 0.2) is 0 Å². The number of carbonyl (C=O) groups is 2. The van der Waals surface area contributed by atoms with Crippen molar-refractivity contribution in [1.29, 1.82) is 0 Å². The Morgan fingerprint density at radius 3 is 1.29 bits per heavy atom. The van der Waals surface area contributed by atoms with E-state index >= 15 is 0 Å². The van der Waals surface area contributed by atoms with Crippen LogP contribution in [0.4, 0.5) is 0 Å². The van der Waals surface area contributed by atoms with Gasteiger partial charge in [0.25, 0.3) is 0 Å². The number of carbonyl (C=O) groups excluding carboxylic acids is 2. The first-order valence-corrected chi connectivity index (χ1v) is 13.3. The molecule has 0 radical (unpaired) electrons. The number of aliphatic hydroxyl groups excluding tert-OH is 2. The molecule has 0 saturated carbocycles. The van der Waals surface area contributed by atoms with Crippen LogP contribution >= 0.6 is 0 Å². The van der Waals surface area contributed by atoms with E-state index in [9.17, 15) is 24.9 Å². The van der Waals surface area contributed by atoms with Gasteiger partial charge < -0.3 is 62.7 Å². The Labute approximate surface area is 284 Å². The zero-order valence-electron chi connectivity index (χ0n) is 25.8. The molecule has 0 aromatic rings. The van der Waals surface area contributed by atoms with Gasteiger partial charge in [-0.1, -0.05) is 0 Å². The van der Waals surface area contributed by atoms with E-state index in [-0.39, 0.29) is 83.8 Å². The summed E-state index contributed by atoms with van der Waals surface area (Å²) in [6.45, 7) is 16.9. The molecule has 14 nitrogen and oxygen atoms in total. The quantitative estimate of drug-likeness (QED) is 0.222. The van der Waals surface area contributed by atoms with Crippen molar-refractivity contribution in [3.05, 3.63) is 0 Å². The predicted octanol–water partition coefficient (Wildman–Crippen LogP) is -3.40. The molecule has 0 bridgehead atoms. The minimum Gasteiger partial charge on any atom is -0.547 e. The van der Waals surface area contributed by atoms with Crippen molar-refractivity contribution >= 4 is 11.9 Å². The molecule has 0 aromatic carbocycles. The number of ether oxygens (including phenoxy) is 9. The number of aliphatic hydroxyl groups is 2. The van der Waals surface area contributed by atoms with Gasteiger partial charge in [-0.3, -0.25) is 0 Å². The summed E-state index contributed by atoms with van der Waals surface area (Å²) in [5.74, 6) is -4.44. The van der Waals surface area contributed by atoms with Crippen molar-refractivity contribution in [2.75, 3.05) is 33.0 Å². The number of esters is 1. The van der Waals surface area contributed by atoms with Crippen molar-refractivity contribution in [2.45, 2.75) is 122 Å². The Morgan fingerprint density at radius 2 is 1.05 bits per heavy atom. The van der Waals surface area contributed by atoms with Crippen molar-refractivity contribution in [3.8, 4) is 0 Å². The number of hydrogen-bond donors (Lipinski definition) is 2. The average molecular weight is 621 g/mol. The second kappa shape index (κ2) is 16.0. The third kappa shape index (κ3) is 13.0. The third-order valence-corrected chi connectivity index (χ3v) is 6.00. The molecule has 15 heteroatoms. The fourth-order valence-electron chi connectivity index (χ4n) is 4.05. The molecule has 0 spiro atoms. The van der Waals surface area contributed by atoms with Crippen LogP contribution in [0.3, 0.4) is 0 Å². The van der Waals surface area contributed by atoms with Crippen LogP contribution < -0.4 is 56.5 Å². The van der Waals surface area contributed by atoms with Crippen molar-refractivity contribution in [2.24, 2.45) is 0 Å². The van der Waals surface area contributed by atoms with Gasteiger partial charge in [-0.25, -0.2) is 4.79 Å². The van der Waals surface area contributed by atoms with Gasteiger partial charge in [0.2, 0.25) is 0 Å². The third-order valence-electron chi connectivity index (χ3n) is 6.00. The summed E-state index contributed by atoms with van der Waals surface area (Å²) in [5.41, 5.74) is 0. The molecule has 0 aromatic heterocycles. The van der Waals surface area contributed by atoms with Crippen molar-refractivity contribution in [3.63, 3.8) is 0 Å². The maximum absolute atomic E-state index is 11.1. The topological polar surface area (TPSA) is 181 Å². The Morgan fingerprint density at radius 1 is 0.707 bits per heavy atom. The van der Waals surface area contributed by atoms with Crippen LogP contribution in [0.5, 0.6) is 0 Å². The SMILES string of the molecule is CC1(C)OCC(C(=O)[O-])O1.CC1(C)OCC(C(O)C(O)C2COC(C)(C)O2)O1.CCOC(=O)C1COC(C)(C)O1.[K+]. The van der Waals surface area contributed by atoms with Gasteiger partial charge in [-0.2, -0.15) is 0 Å². The van der Waals surface area contributed by atoms with E-state index in [0.717, 1.165) is 0 Å². The number of carboxylic acid groups (broad SMARTS) is 1. The van der Waals surface area contributed by atoms with Crippen LogP contribution in [-0.4, -0.2) is 115 Å². The summed E-state index contributed by atoms with van der Waals surface area (Å²) in [6.07, 6.45) is -4.69. The minimum absolute atomic E-state index is 0. The average Bonchev–Trinajstić information content (AvgIpc) is 3.59. The van der Waals surface area contributed by atoms with E-state index in [2.05, 4.69) is 0 Å². The Kier molecular flexibility index (Phi) is 15.3. The van der Waals surface area contributed by atoms with Crippen LogP contribution in [0, 0.1) is 0 Å². The number of aliphatic carboxylic acids is 1. The van der Waals surface area contributed by atoms with E-state index in [4.69, 9.17) is 42.6 Å². The molecule has 4 rings (SSSR count). The molecule has 234 valence electrons. The van der Waals surface area contributed by atoms with Crippen molar-refractivity contribution in [1.82, 2.24) is 0 Å². The maximum atomic E-state index is 11.1. The maximum Gasteiger partial charge on any atom is 1.00 e. The summed E-state index contributed by atoms with van der Waals surface area (Å²) >= 11 is 0. The van der Waals surface area contributed by atoms with E-state index in [1.807, 2.05) is 0 Å². The van der Waals surface area contributed by atoms with Gasteiger partial charge in [0, 0.05) is 0 Å². The van der Waals surface area contributed by atoms with E-state index in [1.165, 1.54) is 0 Å². The minimum atomic E-state index is -1.22. The van der Waals surface area contributed by atoms with Crippen LogP contribution in [-0.2, 0) is 52.2 Å². The summed E-state index contributed by atoms with van der Waals surface area (Å²) in [5, 5.41) is 30.4. The van der Waals surface area contributed by atoms with Gasteiger partial charge in [0.05, 0.1) is 39.0 Å². The first kappa shape index (κ1) is 39.2. The normalized spacial score (nSPS) is 31.9. The van der Waals surface area contributed by atoms with Gasteiger partial charge in [-0.15, -0.1) is 0 Å². The molecular formula is C26H45KO14. The predicted molar refractivity (Wildman–Crippen MR) is 133 cm³/mol. The van der Waals surface area contributed by atoms with Crippen LogP contribution in [0.25, 0.3) is 0 Å². The monoisotopic (exact) mass is 620 g/mol. The van der Waals surface area contributed by atoms with Gasteiger partial charge in [0.15, 0.2) is 29.3 Å². The van der Waals surface area contributed by atoms with Crippen molar-refractivity contribution < 1.29 is 119 Å². The molecule has 4 aliphatic heterocycles. The molecule has 0 amide bonds. The molecular weight excluding hydrogens is 575 g/mol. The summed E-state index contributed by atoms with van der Waals surface area (Å²) < 4.78 is 46.9. The second-order valence-corrected chi connectivity index (χ2v) is 11.4. The van der Waals surface area contributed by atoms with Gasteiger partial charge >= 0.3 is 57.4 Å². The van der Waals surface area contributed by atoms with Crippen LogP contribution in [0.2, 0.25) is 0 Å². The number of hydrogen-bond acceptors (Lipinski definition) is 14. The van der Waals surface area contributed by atoms with Gasteiger partial charge in [0.1, 0.15) is 30.5 Å². The molecule has 6 unspecified atom stereocenters. The van der Waals surface area contributed by atoms with Gasteiger partial charge in [-0.05, 0) is 62.3 Å². The second-order valence-electron chi connectivity index (χ2n) is 11.4. The number of rotatable bonds is 6. The summed E-state index contributed by atoms with van der Waals surface area (Å²) in [6, 6.07) is 0. The smallest absolute Gasteiger partial charge is 0.547 e. The zero-order valence-corrected chi connectivity index (χ0v) is 28.9. The molecule has 4 fully saturated rings. The fraction of sp³-hybridized carbons (Fsp3) is 0.923. The molecule has 4 saturated heterocycles. The molecule has 4 aliphatic rings. The zero-order chi connectivity index (χ0) is 30.5. The standard InChI is InChI=1S/C12H22O6.C8H14O4.C6H10O4.K/c1-11(2)15-5-7(17-11)9(13)10(14)8-6-16-12(3,4)18-8;1-4-10-7(9)6-5-11-8(2,3)12-6;1-6(2)9-3-4(10-6)5(7)8;/h7-10,13-14H,5-6H2,1-4H3;6H,4-5H2,1-3H3;4H,3H2,1-2H3,(H,7,8);/q;;;+1/p-1. The van der Waals surface area contributed by atoms with E-state index in [1.54, 1.807) is 62.3 Å². The first-order chi connectivity index (χ1) is 18.3. The fourth-order valence-corrected chi connectivity index (χ4v) is 4.05. The Bertz CT molecular complexity index is 818. The number of carboxylic acids is 1. The van der Waals surface area contributed by atoms with E-state index in [0.29, 0.717) is 6.61 Å². The molecule has 2 N–H and O–H groups in total. The Balaban J connectivity index is 0.000000320. The summed E-state index contributed by atoms with van der Waals surface area (Å²) in [7, 11) is 0. The molecule has 41 heavy (non-hydrogen) atoms. The van der Waals surface area contributed by atoms with Crippen LogP contribution in [0.1, 0.15) is 62.3 Å². The molecule has 6 atom stereocenters. The first-order valence-electron chi connectivity index (χ1n) is 13.3. The summed E-state index contributed by atoms with van der Waals surface area (Å²) in [4.78, 5) is 21.3. The molecule has 0 aliphatic carbocycles. The largest absolute Gasteiger partial charge is 1.00 e. The Hall–Kier alpha value is 0.176.